The van der Waals surface area contributed by atoms with Crippen LogP contribution in [0.5, 0.6) is 0 Å². The molecule has 1 saturated heterocycles. The fourth-order valence-corrected chi connectivity index (χ4v) is 17.6. The topological polar surface area (TPSA) is 6.48 Å². The third-order valence-corrected chi connectivity index (χ3v) is 18.6. The van der Waals surface area contributed by atoms with Crippen LogP contribution in [0.2, 0.25) is 0 Å². The molecule has 262 valence electrons. The van der Waals surface area contributed by atoms with Gasteiger partial charge in [-0.25, -0.2) is 0 Å². The van der Waals surface area contributed by atoms with Gasteiger partial charge in [0.05, 0.1) is 0 Å². The van der Waals surface area contributed by atoms with E-state index in [4.69, 9.17) is 0 Å². The summed E-state index contributed by atoms with van der Waals surface area (Å²) in [5.41, 5.74) is 11.8. The molecule has 0 N–H and O–H groups in total. The Bertz CT molecular complexity index is 1370. The van der Waals surface area contributed by atoms with Crippen molar-refractivity contribution in [3.05, 3.63) is 95.6 Å². The molecular formula is C42H57Cl2N2PRu. The molecule has 0 atom stereocenters. The molecule has 4 aliphatic rings. The molecule has 3 aliphatic carbocycles. The fraction of sp³-hybridized carbons (Fsp3) is 0.524. The standard InChI is InChI=1S/C35H51N2P.C7H6.2ClH.Ru/c1-28-16-12-14-24-33(28)36-26-27-37(34-25-15-13-17-29(34)2)35(36)38(30-18-6-3-7-19-30,31-20-8-4-9-21-31)32-22-10-5-11-23-32;1-7-5-3-2-4-6-7;;;/h12-17,24-25,30-32H,3-11,18-23,26-27H2,1-2H3;1-6H;2*1H;/q;;;;+2/p-2. The summed E-state index contributed by atoms with van der Waals surface area (Å²) in [5, 5.41) is 0. The fourth-order valence-electron chi connectivity index (χ4n) is 9.58. The molecule has 6 heteroatoms. The summed E-state index contributed by atoms with van der Waals surface area (Å²) in [4.78, 5) is 5.82. The van der Waals surface area contributed by atoms with E-state index < -0.39 is 6.89 Å². The molecule has 1 heterocycles. The quantitative estimate of drug-likeness (QED) is 0.253. The second kappa shape index (κ2) is 19.3. The predicted octanol–water partition coefficient (Wildman–Crippen LogP) is 5.12. The van der Waals surface area contributed by atoms with Crippen molar-refractivity contribution < 1.29 is 42.7 Å². The first-order chi connectivity index (χ1) is 22.6. The minimum atomic E-state index is -1.48. The van der Waals surface area contributed by atoms with E-state index in [2.05, 4.69) is 102 Å². The molecule has 3 aromatic rings. The maximum absolute atomic E-state index is 2.91. The normalized spacial score (nSPS) is 19.5. The Morgan fingerprint density at radius 3 is 1.21 bits per heavy atom. The third-order valence-electron chi connectivity index (χ3n) is 11.6. The number of rotatable bonds is 6. The van der Waals surface area contributed by atoms with Crippen LogP contribution in [0.15, 0.2) is 78.9 Å². The number of hydrogen-bond acceptors (Lipinski definition) is 0. The number of benzene rings is 3. The van der Waals surface area contributed by atoms with Crippen LogP contribution in [0.25, 0.3) is 0 Å². The second-order valence-electron chi connectivity index (χ2n) is 14.4. The number of para-hydroxylation sites is 2. The van der Waals surface area contributed by atoms with Crippen molar-refractivity contribution >= 4 is 28.4 Å². The van der Waals surface area contributed by atoms with Crippen molar-refractivity contribution in [2.75, 3.05) is 22.9 Å². The van der Waals surface area contributed by atoms with Gasteiger partial charge in [-0.05, 0) is 92.6 Å². The second-order valence-corrected chi connectivity index (χ2v) is 19.2. The first-order valence-electron chi connectivity index (χ1n) is 18.5. The molecule has 0 bridgehead atoms. The number of nitrogens with zero attached hydrogens (tertiary/aromatic N) is 2. The predicted molar refractivity (Wildman–Crippen MR) is 201 cm³/mol. The molecule has 1 aliphatic heterocycles. The van der Waals surface area contributed by atoms with Crippen molar-refractivity contribution in [2.24, 2.45) is 0 Å². The summed E-state index contributed by atoms with van der Waals surface area (Å²) in [6.07, 6.45) is 22.1. The van der Waals surface area contributed by atoms with E-state index in [1.54, 1.807) is 0 Å². The van der Waals surface area contributed by atoms with Gasteiger partial charge in [0, 0.05) is 24.5 Å². The van der Waals surface area contributed by atoms with Gasteiger partial charge in [-0.3, -0.25) is 0 Å². The van der Waals surface area contributed by atoms with Gasteiger partial charge in [0.2, 0.25) is 0 Å². The first-order valence-corrected chi connectivity index (χ1v) is 21.5. The molecular weight excluding hydrogens is 735 g/mol. The van der Waals surface area contributed by atoms with Crippen molar-refractivity contribution in [3.63, 3.8) is 0 Å². The van der Waals surface area contributed by atoms with Crippen LogP contribution in [-0.4, -0.2) is 40.2 Å². The van der Waals surface area contributed by atoms with Gasteiger partial charge in [0.25, 0.3) is 0 Å². The molecule has 7 rings (SSSR count). The molecule has 48 heavy (non-hydrogen) atoms. The SMILES string of the molecule is Cc1ccccc1N1CCN(c2ccccc2C)C1=P(C1CCCCC1)(C1CCCCC1)C1CCCCC1.[Cl-].[Cl-].[Ru+2]=[CH]c1ccccc1. The third kappa shape index (κ3) is 8.56. The minimum absolute atomic E-state index is 0. The van der Waals surface area contributed by atoms with Crippen LogP contribution in [0, 0.1) is 13.8 Å². The average molecular weight is 793 g/mol. The molecule has 2 nitrogen and oxygen atoms in total. The molecule has 3 aromatic carbocycles. The zero-order valence-corrected chi connectivity index (χ0v) is 33.4. The van der Waals surface area contributed by atoms with Crippen LogP contribution in [0.4, 0.5) is 11.4 Å². The Morgan fingerprint density at radius 1 is 0.521 bits per heavy atom. The Kier molecular flexibility index (Phi) is 15.8. The van der Waals surface area contributed by atoms with Crippen molar-refractivity contribution in [2.45, 2.75) is 127 Å². The molecule has 0 unspecified atom stereocenters. The van der Waals surface area contributed by atoms with E-state index in [1.807, 2.05) is 28.3 Å². The van der Waals surface area contributed by atoms with Crippen molar-refractivity contribution in [1.82, 2.24) is 0 Å². The van der Waals surface area contributed by atoms with Crippen molar-refractivity contribution in [3.8, 4) is 0 Å². The number of hydrogen-bond donors (Lipinski definition) is 0. The number of aryl methyl sites for hydroxylation is 2. The Morgan fingerprint density at radius 2 is 0.875 bits per heavy atom. The molecule has 0 amide bonds. The number of anilines is 2. The Labute approximate surface area is 314 Å². The van der Waals surface area contributed by atoms with Crippen molar-refractivity contribution in [1.29, 1.82) is 0 Å². The van der Waals surface area contributed by atoms with Gasteiger partial charge in [0.1, 0.15) is 5.54 Å². The maximum atomic E-state index is 2.91. The van der Waals surface area contributed by atoms with E-state index in [0.29, 0.717) is 0 Å². The van der Waals surface area contributed by atoms with E-state index in [-0.39, 0.29) is 24.8 Å². The van der Waals surface area contributed by atoms with Crippen LogP contribution >= 0.6 is 6.89 Å². The molecule has 0 radical (unpaired) electrons. The van der Waals surface area contributed by atoms with Gasteiger partial charge in [-0.2, -0.15) is 0 Å². The van der Waals surface area contributed by atoms with E-state index in [0.717, 1.165) is 30.1 Å². The summed E-state index contributed by atoms with van der Waals surface area (Å²) in [6.45, 7) is 5.50. The van der Waals surface area contributed by atoms with Crippen LogP contribution in [0.1, 0.15) is 113 Å². The molecule has 4 fully saturated rings. The summed E-state index contributed by atoms with van der Waals surface area (Å²) in [7, 11) is 0. The van der Waals surface area contributed by atoms with Gasteiger partial charge in [-0.15, -0.1) is 0 Å². The van der Waals surface area contributed by atoms with Gasteiger partial charge in [-0.1, -0.05) is 101 Å². The molecule has 3 saturated carbocycles. The monoisotopic (exact) mass is 792 g/mol. The molecule has 0 aromatic heterocycles. The summed E-state index contributed by atoms with van der Waals surface area (Å²) < 4.78 is 2.01. The Hall–Kier alpha value is -1.37. The van der Waals surface area contributed by atoms with E-state index >= 15 is 0 Å². The van der Waals surface area contributed by atoms with Crippen LogP contribution in [-0.2, 0) is 17.9 Å². The van der Waals surface area contributed by atoms with Gasteiger partial charge >= 0.3 is 58.4 Å². The van der Waals surface area contributed by atoms with E-state index in [9.17, 15) is 0 Å². The summed E-state index contributed by atoms with van der Waals surface area (Å²) >= 11 is 2.48. The first kappa shape index (κ1) is 39.4. The van der Waals surface area contributed by atoms with Crippen LogP contribution in [0.3, 0.4) is 0 Å². The van der Waals surface area contributed by atoms with Crippen LogP contribution < -0.4 is 34.6 Å². The van der Waals surface area contributed by atoms with E-state index in [1.165, 1.54) is 124 Å². The van der Waals surface area contributed by atoms with Gasteiger partial charge in [0.15, 0.2) is 0 Å². The van der Waals surface area contributed by atoms with Gasteiger partial charge < -0.3 is 34.6 Å². The summed E-state index contributed by atoms with van der Waals surface area (Å²) in [6, 6.07) is 28.8. The summed E-state index contributed by atoms with van der Waals surface area (Å²) in [5.74, 6) is 0. The average Bonchev–Trinajstić information content (AvgIpc) is 3.56. The zero-order valence-electron chi connectivity index (χ0n) is 29.3. The molecule has 0 spiro atoms. The Balaban J connectivity index is 0.000000459. The zero-order chi connectivity index (χ0) is 31.8. The number of halogens is 2.